The first-order valence-electron chi connectivity index (χ1n) is 6.89. The summed E-state index contributed by atoms with van der Waals surface area (Å²) in [5.41, 5.74) is 1.24. The molecule has 0 spiro atoms. The lowest BCUT2D eigenvalue weighted by atomic mass is 10.2. The van der Waals surface area contributed by atoms with E-state index in [1.54, 1.807) is 0 Å². The zero-order valence-electron chi connectivity index (χ0n) is 11.8. The van der Waals surface area contributed by atoms with E-state index in [2.05, 4.69) is 29.3 Å². The number of piperazine rings is 1. The first-order chi connectivity index (χ1) is 9.15. The molecule has 19 heavy (non-hydrogen) atoms. The summed E-state index contributed by atoms with van der Waals surface area (Å²) in [5, 5.41) is 3.35. The van der Waals surface area contributed by atoms with Gasteiger partial charge in [0.1, 0.15) is 0 Å². The largest absolute Gasteiger partial charge is 0.339 e. The first kappa shape index (κ1) is 14.0. The van der Waals surface area contributed by atoms with Crippen LogP contribution < -0.4 is 5.32 Å². The highest BCUT2D eigenvalue weighted by molar-refractivity contribution is 5.78. The molecule has 0 bridgehead atoms. The number of nitrogens with one attached hydrogen (secondary N) is 1. The van der Waals surface area contributed by atoms with Crippen LogP contribution in [-0.2, 0) is 11.3 Å². The molecule has 1 aliphatic heterocycles. The van der Waals surface area contributed by atoms with Crippen LogP contribution >= 0.6 is 0 Å². The Balaban J connectivity index is 1.81. The Morgan fingerprint density at radius 2 is 2.16 bits per heavy atom. The minimum atomic E-state index is 0.229. The summed E-state index contributed by atoms with van der Waals surface area (Å²) in [7, 11) is 2.00. The van der Waals surface area contributed by atoms with Crippen LogP contribution in [-0.4, -0.2) is 55.0 Å². The van der Waals surface area contributed by atoms with Crippen molar-refractivity contribution in [1.82, 2.24) is 15.1 Å². The highest BCUT2D eigenvalue weighted by Gasteiger charge is 2.21. The number of benzene rings is 1. The predicted octanol–water partition coefficient (Wildman–Crippen LogP) is 0.939. The van der Waals surface area contributed by atoms with E-state index in [0.717, 1.165) is 26.2 Å². The second-order valence-electron chi connectivity index (χ2n) is 5.35. The first-order valence-corrected chi connectivity index (χ1v) is 6.89. The van der Waals surface area contributed by atoms with Crippen LogP contribution in [0.15, 0.2) is 30.3 Å². The van der Waals surface area contributed by atoms with E-state index in [1.165, 1.54) is 5.56 Å². The van der Waals surface area contributed by atoms with E-state index < -0.39 is 0 Å². The van der Waals surface area contributed by atoms with Crippen LogP contribution in [0.3, 0.4) is 0 Å². The standard InChI is InChI=1S/C15H23N3O/c1-13-10-18(9-8-16-13)15(19)12-17(2)11-14-6-4-3-5-7-14/h3-7,13,16H,8-12H2,1-2H3/t13-/m0/s1. The molecule has 1 heterocycles. The van der Waals surface area contributed by atoms with Crippen molar-refractivity contribution < 1.29 is 4.79 Å². The van der Waals surface area contributed by atoms with E-state index in [4.69, 9.17) is 0 Å². The monoisotopic (exact) mass is 261 g/mol. The third-order valence-corrected chi connectivity index (χ3v) is 3.42. The third-order valence-electron chi connectivity index (χ3n) is 3.42. The van der Waals surface area contributed by atoms with Crippen LogP contribution in [0.5, 0.6) is 0 Å². The molecule has 0 unspecified atom stereocenters. The molecule has 1 fully saturated rings. The lowest BCUT2D eigenvalue weighted by Gasteiger charge is -2.33. The molecule has 2 rings (SSSR count). The molecular weight excluding hydrogens is 238 g/mol. The maximum absolute atomic E-state index is 12.2. The third kappa shape index (κ3) is 4.33. The van der Waals surface area contributed by atoms with Crippen molar-refractivity contribution >= 4 is 5.91 Å². The van der Waals surface area contributed by atoms with Crippen LogP contribution in [0, 0.1) is 0 Å². The van der Waals surface area contributed by atoms with Gasteiger partial charge in [-0.1, -0.05) is 30.3 Å². The average molecular weight is 261 g/mol. The van der Waals surface area contributed by atoms with E-state index >= 15 is 0 Å². The highest BCUT2D eigenvalue weighted by Crippen LogP contribution is 2.04. The molecule has 0 aliphatic carbocycles. The van der Waals surface area contributed by atoms with Gasteiger partial charge in [-0.3, -0.25) is 9.69 Å². The second kappa shape index (κ2) is 6.68. The Kier molecular flexibility index (Phi) is 4.93. The number of hydrogen-bond acceptors (Lipinski definition) is 3. The Hall–Kier alpha value is -1.39. The van der Waals surface area contributed by atoms with E-state index in [0.29, 0.717) is 12.6 Å². The predicted molar refractivity (Wildman–Crippen MR) is 76.8 cm³/mol. The Bertz CT molecular complexity index is 407. The smallest absolute Gasteiger partial charge is 0.236 e. The van der Waals surface area contributed by atoms with Crippen LogP contribution in [0.25, 0.3) is 0 Å². The van der Waals surface area contributed by atoms with Crippen molar-refractivity contribution in [3.05, 3.63) is 35.9 Å². The summed E-state index contributed by atoms with van der Waals surface area (Å²) in [6.45, 7) is 5.96. The van der Waals surface area contributed by atoms with Gasteiger partial charge in [0.05, 0.1) is 6.54 Å². The molecular formula is C15H23N3O. The van der Waals surface area contributed by atoms with E-state index in [1.807, 2.05) is 30.1 Å². The Morgan fingerprint density at radius 1 is 1.42 bits per heavy atom. The normalized spacial score (nSPS) is 19.7. The number of carbonyl (C=O) groups is 1. The fourth-order valence-corrected chi connectivity index (χ4v) is 2.44. The van der Waals surface area contributed by atoms with Crippen molar-refractivity contribution in [2.45, 2.75) is 19.5 Å². The summed E-state index contributed by atoms with van der Waals surface area (Å²) < 4.78 is 0. The van der Waals surface area contributed by atoms with Crippen molar-refractivity contribution in [2.24, 2.45) is 0 Å². The molecule has 1 N–H and O–H groups in total. The van der Waals surface area contributed by atoms with Gasteiger partial charge in [-0.25, -0.2) is 0 Å². The van der Waals surface area contributed by atoms with E-state index in [9.17, 15) is 4.79 Å². The summed E-state index contributed by atoms with van der Waals surface area (Å²) >= 11 is 0. The summed E-state index contributed by atoms with van der Waals surface area (Å²) in [6, 6.07) is 10.7. The zero-order valence-corrected chi connectivity index (χ0v) is 11.8. The molecule has 1 atom stereocenters. The Labute approximate surface area is 115 Å². The lowest BCUT2D eigenvalue weighted by Crippen LogP contribution is -2.53. The highest BCUT2D eigenvalue weighted by atomic mass is 16.2. The molecule has 0 saturated carbocycles. The molecule has 4 heteroatoms. The molecule has 1 amide bonds. The van der Waals surface area contributed by atoms with E-state index in [-0.39, 0.29) is 5.91 Å². The van der Waals surface area contributed by atoms with Gasteiger partial charge in [0.2, 0.25) is 5.91 Å². The molecule has 4 nitrogen and oxygen atoms in total. The van der Waals surface area contributed by atoms with Crippen LogP contribution in [0.2, 0.25) is 0 Å². The van der Waals surface area contributed by atoms with Gasteiger partial charge in [-0.2, -0.15) is 0 Å². The number of rotatable bonds is 4. The van der Waals surface area contributed by atoms with Gasteiger partial charge in [-0.15, -0.1) is 0 Å². The summed E-state index contributed by atoms with van der Waals surface area (Å²) in [4.78, 5) is 16.2. The van der Waals surface area contributed by atoms with Crippen LogP contribution in [0.4, 0.5) is 0 Å². The molecule has 1 aliphatic rings. The maximum atomic E-state index is 12.2. The topological polar surface area (TPSA) is 35.6 Å². The lowest BCUT2D eigenvalue weighted by molar-refractivity contribution is -0.133. The minimum Gasteiger partial charge on any atom is -0.339 e. The fraction of sp³-hybridized carbons (Fsp3) is 0.533. The number of carbonyl (C=O) groups excluding carboxylic acids is 1. The molecule has 0 radical (unpaired) electrons. The Morgan fingerprint density at radius 3 is 2.84 bits per heavy atom. The fourth-order valence-electron chi connectivity index (χ4n) is 2.44. The quantitative estimate of drug-likeness (QED) is 0.876. The zero-order chi connectivity index (χ0) is 13.7. The molecule has 1 saturated heterocycles. The maximum Gasteiger partial charge on any atom is 0.236 e. The van der Waals surface area contributed by atoms with Gasteiger partial charge in [0.15, 0.2) is 0 Å². The van der Waals surface area contributed by atoms with Gasteiger partial charge >= 0.3 is 0 Å². The summed E-state index contributed by atoms with van der Waals surface area (Å²) in [6.07, 6.45) is 0. The van der Waals surface area contributed by atoms with Crippen molar-refractivity contribution in [2.75, 3.05) is 33.2 Å². The molecule has 1 aromatic rings. The second-order valence-corrected chi connectivity index (χ2v) is 5.35. The van der Waals surface area contributed by atoms with Crippen molar-refractivity contribution in [1.29, 1.82) is 0 Å². The molecule has 1 aromatic carbocycles. The SMILES string of the molecule is C[C@H]1CN(C(=O)CN(C)Cc2ccccc2)CCN1. The number of amides is 1. The van der Waals surface area contributed by atoms with Gasteiger partial charge in [-0.05, 0) is 19.5 Å². The summed E-state index contributed by atoms with van der Waals surface area (Å²) in [5.74, 6) is 0.229. The van der Waals surface area contributed by atoms with Gasteiger partial charge in [0, 0.05) is 32.2 Å². The molecule has 0 aromatic heterocycles. The van der Waals surface area contributed by atoms with Gasteiger partial charge < -0.3 is 10.2 Å². The number of hydrogen-bond donors (Lipinski definition) is 1. The van der Waals surface area contributed by atoms with Crippen LogP contribution in [0.1, 0.15) is 12.5 Å². The number of likely N-dealkylation sites (N-methyl/N-ethyl adjacent to an activating group) is 1. The van der Waals surface area contributed by atoms with Crippen molar-refractivity contribution in [3.63, 3.8) is 0 Å². The average Bonchev–Trinajstić information content (AvgIpc) is 2.39. The van der Waals surface area contributed by atoms with Crippen molar-refractivity contribution in [3.8, 4) is 0 Å². The van der Waals surface area contributed by atoms with Gasteiger partial charge in [0.25, 0.3) is 0 Å². The molecule has 104 valence electrons. The number of nitrogens with zero attached hydrogens (tertiary/aromatic N) is 2. The minimum absolute atomic E-state index is 0.229.